The molecule has 0 spiro atoms. The molecule has 0 aliphatic heterocycles. The fourth-order valence-corrected chi connectivity index (χ4v) is 2.78. The van der Waals surface area contributed by atoms with Crippen molar-refractivity contribution in [2.24, 2.45) is 5.10 Å². The zero-order chi connectivity index (χ0) is 23.8. The molecular formula is C23H17ClFN3O5. The van der Waals surface area contributed by atoms with Gasteiger partial charge in [-0.05, 0) is 60.2 Å². The molecule has 3 aromatic carbocycles. The highest BCUT2D eigenvalue weighted by atomic mass is 35.5. The Morgan fingerprint density at radius 1 is 0.970 bits per heavy atom. The van der Waals surface area contributed by atoms with Gasteiger partial charge in [0.1, 0.15) is 5.82 Å². The van der Waals surface area contributed by atoms with Crippen molar-refractivity contribution in [3.63, 3.8) is 0 Å². The van der Waals surface area contributed by atoms with Crippen LogP contribution >= 0.6 is 11.6 Å². The first-order valence-electron chi connectivity index (χ1n) is 9.42. The van der Waals surface area contributed by atoms with Crippen molar-refractivity contribution in [3.8, 4) is 11.5 Å². The molecule has 0 bridgehead atoms. The molecule has 0 saturated carbocycles. The number of hydrazone groups is 1. The van der Waals surface area contributed by atoms with Crippen LogP contribution < -0.4 is 20.2 Å². The number of rotatable bonds is 6. The molecule has 3 rings (SSSR count). The Morgan fingerprint density at radius 3 is 2.39 bits per heavy atom. The van der Waals surface area contributed by atoms with Crippen LogP contribution in [-0.2, 0) is 9.59 Å². The summed E-state index contributed by atoms with van der Waals surface area (Å²) in [5, 5.41) is 6.28. The number of nitrogens with zero attached hydrogens (tertiary/aromatic N) is 1. The van der Waals surface area contributed by atoms with Gasteiger partial charge in [-0.3, -0.25) is 9.59 Å². The number of benzene rings is 3. The first kappa shape index (κ1) is 23.4. The molecule has 0 aromatic heterocycles. The fourth-order valence-electron chi connectivity index (χ4n) is 2.57. The Labute approximate surface area is 193 Å². The van der Waals surface area contributed by atoms with E-state index in [2.05, 4.69) is 15.8 Å². The number of esters is 1. The monoisotopic (exact) mass is 469 g/mol. The van der Waals surface area contributed by atoms with Crippen LogP contribution in [0.1, 0.15) is 15.9 Å². The highest BCUT2D eigenvalue weighted by Crippen LogP contribution is 2.29. The van der Waals surface area contributed by atoms with Crippen LogP contribution in [0.5, 0.6) is 11.5 Å². The number of halogens is 2. The second-order valence-electron chi connectivity index (χ2n) is 6.44. The van der Waals surface area contributed by atoms with E-state index in [9.17, 15) is 18.8 Å². The van der Waals surface area contributed by atoms with Crippen molar-refractivity contribution < 1.29 is 28.2 Å². The molecule has 2 N–H and O–H groups in total. The molecule has 0 unspecified atom stereocenters. The minimum absolute atomic E-state index is 0.155. The van der Waals surface area contributed by atoms with Crippen LogP contribution in [0.25, 0.3) is 0 Å². The summed E-state index contributed by atoms with van der Waals surface area (Å²) in [6.07, 6.45) is 1.27. The van der Waals surface area contributed by atoms with Gasteiger partial charge in [0.05, 0.1) is 23.9 Å². The number of carbonyl (C=O) groups excluding carboxylic acids is 3. The number of methoxy groups -OCH3 is 1. The summed E-state index contributed by atoms with van der Waals surface area (Å²) in [5.74, 6) is -2.73. The third kappa shape index (κ3) is 6.37. The summed E-state index contributed by atoms with van der Waals surface area (Å²) in [6.45, 7) is 0. The van der Waals surface area contributed by atoms with E-state index in [0.717, 1.165) is 12.1 Å². The van der Waals surface area contributed by atoms with Gasteiger partial charge in [0, 0.05) is 5.69 Å². The third-order valence-electron chi connectivity index (χ3n) is 4.17. The highest BCUT2D eigenvalue weighted by molar-refractivity contribution is 6.39. The van der Waals surface area contributed by atoms with Gasteiger partial charge in [-0.15, -0.1) is 0 Å². The molecule has 10 heteroatoms. The molecule has 168 valence electrons. The second kappa shape index (κ2) is 10.9. The molecule has 0 heterocycles. The molecule has 0 aliphatic rings. The third-order valence-corrected chi connectivity index (χ3v) is 4.50. The van der Waals surface area contributed by atoms with Gasteiger partial charge in [-0.1, -0.05) is 23.7 Å². The van der Waals surface area contributed by atoms with E-state index >= 15 is 0 Å². The average Bonchev–Trinajstić information content (AvgIpc) is 2.81. The lowest BCUT2D eigenvalue weighted by Crippen LogP contribution is -2.32. The lowest BCUT2D eigenvalue weighted by Gasteiger charge is -2.10. The number of amides is 2. The lowest BCUT2D eigenvalue weighted by atomic mass is 10.2. The van der Waals surface area contributed by atoms with E-state index in [1.165, 1.54) is 43.7 Å². The van der Waals surface area contributed by atoms with E-state index in [4.69, 9.17) is 21.1 Å². The first-order valence-corrected chi connectivity index (χ1v) is 9.80. The van der Waals surface area contributed by atoms with E-state index in [1.807, 2.05) is 0 Å². The van der Waals surface area contributed by atoms with Gasteiger partial charge < -0.3 is 14.8 Å². The van der Waals surface area contributed by atoms with Crippen molar-refractivity contribution in [2.45, 2.75) is 0 Å². The summed E-state index contributed by atoms with van der Waals surface area (Å²) in [5.41, 5.74) is 3.03. The van der Waals surface area contributed by atoms with Crippen molar-refractivity contribution in [1.29, 1.82) is 0 Å². The van der Waals surface area contributed by atoms with Crippen LogP contribution in [-0.4, -0.2) is 31.1 Å². The van der Waals surface area contributed by atoms with E-state index < -0.39 is 23.6 Å². The van der Waals surface area contributed by atoms with Crippen molar-refractivity contribution in [3.05, 3.63) is 88.7 Å². The summed E-state index contributed by atoms with van der Waals surface area (Å²) >= 11 is 6.01. The molecule has 0 atom stereocenters. The summed E-state index contributed by atoms with van der Waals surface area (Å²) in [4.78, 5) is 36.1. The smallest absolute Gasteiger partial charge is 0.345 e. The minimum atomic E-state index is -1.02. The van der Waals surface area contributed by atoms with Crippen LogP contribution in [0.15, 0.2) is 71.8 Å². The van der Waals surface area contributed by atoms with Crippen LogP contribution in [0.2, 0.25) is 5.02 Å². The predicted molar refractivity (Wildman–Crippen MR) is 120 cm³/mol. The Bertz CT molecular complexity index is 1210. The molecule has 0 radical (unpaired) electrons. The minimum Gasteiger partial charge on any atom is -0.493 e. The number of carbonyl (C=O) groups is 3. The van der Waals surface area contributed by atoms with E-state index in [-0.39, 0.29) is 27.8 Å². The molecule has 0 aliphatic carbocycles. The predicted octanol–water partition coefficient (Wildman–Crippen LogP) is 3.80. The standard InChI is InChI=1S/C23H17ClFN3O5/c1-32-20-12-14(6-11-19(20)33-23(31)17-4-2-3-5-18(17)24)13-26-28-22(30)21(29)27-16-9-7-15(25)8-10-16/h2-13H,1H3,(H,27,29)(H,28,30)/b26-13-. The van der Waals surface area contributed by atoms with Gasteiger partial charge >= 0.3 is 17.8 Å². The molecule has 2 amide bonds. The quantitative estimate of drug-likeness (QED) is 0.188. The van der Waals surface area contributed by atoms with Crippen LogP contribution in [0.3, 0.4) is 0 Å². The lowest BCUT2D eigenvalue weighted by molar-refractivity contribution is -0.136. The maximum atomic E-state index is 12.9. The zero-order valence-electron chi connectivity index (χ0n) is 17.2. The molecule has 0 fully saturated rings. The Balaban J connectivity index is 1.61. The summed E-state index contributed by atoms with van der Waals surface area (Å²) in [7, 11) is 1.39. The fraction of sp³-hybridized carbons (Fsp3) is 0.0435. The average molecular weight is 470 g/mol. The number of ether oxygens (including phenoxy) is 2. The van der Waals surface area contributed by atoms with Crippen LogP contribution in [0.4, 0.5) is 10.1 Å². The first-order chi connectivity index (χ1) is 15.9. The summed E-state index contributed by atoms with van der Waals surface area (Å²) in [6, 6.07) is 15.9. The van der Waals surface area contributed by atoms with Gasteiger partial charge in [0.25, 0.3) is 0 Å². The largest absolute Gasteiger partial charge is 0.493 e. The Hall–Kier alpha value is -4.24. The topological polar surface area (TPSA) is 106 Å². The maximum Gasteiger partial charge on any atom is 0.345 e. The Morgan fingerprint density at radius 2 is 1.70 bits per heavy atom. The molecular weight excluding hydrogens is 453 g/mol. The maximum absolute atomic E-state index is 12.9. The van der Waals surface area contributed by atoms with E-state index in [1.54, 1.807) is 24.3 Å². The number of hydrogen-bond acceptors (Lipinski definition) is 6. The van der Waals surface area contributed by atoms with Crippen molar-refractivity contribution >= 4 is 41.3 Å². The number of hydrogen-bond donors (Lipinski definition) is 2. The highest BCUT2D eigenvalue weighted by Gasteiger charge is 2.16. The molecule has 0 saturated heterocycles. The summed E-state index contributed by atoms with van der Waals surface area (Å²) < 4.78 is 23.5. The molecule has 33 heavy (non-hydrogen) atoms. The molecule has 8 nitrogen and oxygen atoms in total. The van der Waals surface area contributed by atoms with E-state index in [0.29, 0.717) is 5.56 Å². The molecule has 3 aromatic rings. The normalized spacial score (nSPS) is 10.5. The SMILES string of the molecule is COc1cc(/C=N\NC(=O)C(=O)Nc2ccc(F)cc2)ccc1OC(=O)c1ccccc1Cl. The van der Waals surface area contributed by atoms with Gasteiger partial charge in [0.2, 0.25) is 0 Å². The van der Waals surface area contributed by atoms with Crippen molar-refractivity contribution in [1.82, 2.24) is 5.43 Å². The number of nitrogens with one attached hydrogen (secondary N) is 2. The van der Waals surface area contributed by atoms with Gasteiger partial charge in [0.15, 0.2) is 11.5 Å². The number of anilines is 1. The second-order valence-corrected chi connectivity index (χ2v) is 6.85. The Kier molecular flexibility index (Phi) is 7.72. The zero-order valence-corrected chi connectivity index (χ0v) is 17.9. The van der Waals surface area contributed by atoms with Gasteiger partial charge in [-0.25, -0.2) is 14.6 Å². The van der Waals surface area contributed by atoms with Crippen molar-refractivity contribution in [2.75, 3.05) is 12.4 Å². The van der Waals surface area contributed by atoms with Crippen LogP contribution in [0, 0.1) is 5.82 Å². The van der Waals surface area contributed by atoms with Gasteiger partial charge in [-0.2, -0.15) is 5.10 Å².